The van der Waals surface area contributed by atoms with Crippen LogP contribution in [0.4, 0.5) is 5.69 Å². The van der Waals surface area contributed by atoms with Crippen LogP contribution < -0.4 is 5.32 Å². The van der Waals surface area contributed by atoms with Crippen LogP contribution in [0.3, 0.4) is 0 Å². The zero-order valence-corrected chi connectivity index (χ0v) is 11.4. The Kier molecular flexibility index (Phi) is 3.33. The zero-order valence-electron chi connectivity index (χ0n) is 11.4. The lowest BCUT2D eigenvalue weighted by atomic mass is 9.81. The molecule has 0 radical (unpaired) electrons. The predicted molar refractivity (Wildman–Crippen MR) is 80.7 cm³/mol. The highest BCUT2D eigenvalue weighted by Gasteiger charge is 2.20. The van der Waals surface area contributed by atoms with Gasteiger partial charge < -0.3 is 10.4 Å². The first-order valence-electron chi connectivity index (χ1n) is 7.21. The van der Waals surface area contributed by atoms with Gasteiger partial charge in [-0.05, 0) is 31.4 Å². The summed E-state index contributed by atoms with van der Waals surface area (Å²) < 4.78 is 0. The SMILES string of the molecule is CC(CC1CCC1)Nc1cccc2c(O)cccc12. The number of rotatable bonds is 4. The molecule has 1 aliphatic carbocycles. The largest absolute Gasteiger partial charge is 0.507 e. The Morgan fingerprint density at radius 1 is 1.16 bits per heavy atom. The van der Waals surface area contributed by atoms with Crippen LogP contribution in [0.15, 0.2) is 36.4 Å². The number of phenolic OH excluding ortho intramolecular Hbond substituents is 1. The van der Waals surface area contributed by atoms with E-state index in [0.717, 1.165) is 22.4 Å². The third kappa shape index (κ3) is 2.53. The summed E-state index contributed by atoms with van der Waals surface area (Å²) in [6.45, 7) is 2.25. The lowest BCUT2D eigenvalue weighted by Gasteiger charge is -2.29. The second-order valence-corrected chi connectivity index (χ2v) is 5.76. The van der Waals surface area contributed by atoms with E-state index < -0.39 is 0 Å². The molecule has 2 aromatic rings. The van der Waals surface area contributed by atoms with Crippen LogP contribution in [0.2, 0.25) is 0 Å². The fourth-order valence-corrected chi connectivity index (χ4v) is 2.97. The van der Waals surface area contributed by atoms with Crippen LogP contribution in [0.25, 0.3) is 10.8 Å². The Balaban J connectivity index is 1.81. The quantitative estimate of drug-likeness (QED) is 0.841. The molecule has 0 amide bonds. The van der Waals surface area contributed by atoms with Gasteiger partial charge in [-0.3, -0.25) is 0 Å². The van der Waals surface area contributed by atoms with Crippen molar-refractivity contribution in [3.05, 3.63) is 36.4 Å². The Bertz CT molecular complexity index is 574. The first-order chi connectivity index (χ1) is 9.24. The van der Waals surface area contributed by atoms with Crippen molar-refractivity contribution in [1.82, 2.24) is 0 Å². The predicted octanol–water partition coefficient (Wildman–Crippen LogP) is 4.54. The summed E-state index contributed by atoms with van der Waals surface area (Å²) >= 11 is 0. The van der Waals surface area contributed by atoms with Gasteiger partial charge in [0.2, 0.25) is 0 Å². The molecular weight excluding hydrogens is 234 g/mol. The van der Waals surface area contributed by atoms with Crippen molar-refractivity contribution in [3.8, 4) is 5.75 Å². The van der Waals surface area contributed by atoms with E-state index in [1.165, 1.54) is 25.7 Å². The molecule has 1 aliphatic rings. The lowest BCUT2D eigenvalue weighted by Crippen LogP contribution is -2.23. The molecule has 3 rings (SSSR count). The number of phenols is 1. The van der Waals surface area contributed by atoms with Crippen molar-refractivity contribution < 1.29 is 5.11 Å². The number of aromatic hydroxyl groups is 1. The average Bonchev–Trinajstić information content (AvgIpc) is 2.35. The van der Waals surface area contributed by atoms with Crippen LogP contribution in [-0.2, 0) is 0 Å². The molecule has 0 aromatic heterocycles. The van der Waals surface area contributed by atoms with Gasteiger partial charge in [-0.1, -0.05) is 43.5 Å². The third-order valence-electron chi connectivity index (χ3n) is 4.21. The molecule has 0 bridgehead atoms. The molecule has 0 saturated heterocycles. The van der Waals surface area contributed by atoms with E-state index in [4.69, 9.17) is 0 Å². The summed E-state index contributed by atoms with van der Waals surface area (Å²) in [5, 5.41) is 15.5. The van der Waals surface area contributed by atoms with E-state index >= 15 is 0 Å². The van der Waals surface area contributed by atoms with Crippen molar-refractivity contribution in [3.63, 3.8) is 0 Å². The summed E-state index contributed by atoms with van der Waals surface area (Å²) in [4.78, 5) is 0. The van der Waals surface area contributed by atoms with E-state index in [1.807, 2.05) is 18.2 Å². The highest BCUT2D eigenvalue weighted by molar-refractivity contribution is 5.97. The van der Waals surface area contributed by atoms with E-state index in [0.29, 0.717) is 11.8 Å². The minimum Gasteiger partial charge on any atom is -0.507 e. The van der Waals surface area contributed by atoms with Crippen molar-refractivity contribution >= 4 is 16.5 Å². The molecule has 1 atom stereocenters. The summed E-state index contributed by atoms with van der Waals surface area (Å²) in [7, 11) is 0. The van der Waals surface area contributed by atoms with Crippen LogP contribution >= 0.6 is 0 Å². The molecule has 0 aliphatic heterocycles. The van der Waals surface area contributed by atoms with Gasteiger partial charge in [0, 0.05) is 22.5 Å². The van der Waals surface area contributed by atoms with Crippen molar-refractivity contribution in [2.45, 2.75) is 38.6 Å². The van der Waals surface area contributed by atoms with Gasteiger partial charge in [0.05, 0.1) is 0 Å². The number of hydrogen-bond donors (Lipinski definition) is 2. The fourth-order valence-electron chi connectivity index (χ4n) is 2.97. The van der Waals surface area contributed by atoms with Crippen molar-refractivity contribution in [1.29, 1.82) is 0 Å². The maximum atomic E-state index is 9.89. The second-order valence-electron chi connectivity index (χ2n) is 5.76. The first-order valence-corrected chi connectivity index (χ1v) is 7.21. The fraction of sp³-hybridized carbons (Fsp3) is 0.412. The minimum absolute atomic E-state index is 0.354. The summed E-state index contributed by atoms with van der Waals surface area (Å²) in [5.74, 6) is 1.26. The molecule has 1 saturated carbocycles. The molecular formula is C17H21NO. The molecule has 2 heteroatoms. The Morgan fingerprint density at radius 2 is 1.89 bits per heavy atom. The van der Waals surface area contributed by atoms with E-state index in [-0.39, 0.29) is 0 Å². The molecule has 0 spiro atoms. The highest BCUT2D eigenvalue weighted by atomic mass is 16.3. The number of nitrogens with one attached hydrogen (secondary N) is 1. The van der Waals surface area contributed by atoms with Crippen LogP contribution in [0, 0.1) is 5.92 Å². The van der Waals surface area contributed by atoms with E-state index in [1.54, 1.807) is 6.07 Å². The number of benzene rings is 2. The Hall–Kier alpha value is -1.70. The van der Waals surface area contributed by atoms with E-state index in [2.05, 4.69) is 24.4 Å². The molecule has 1 fully saturated rings. The van der Waals surface area contributed by atoms with Gasteiger partial charge >= 0.3 is 0 Å². The molecule has 2 nitrogen and oxygen atoms in total. The molecule has 1 unspecified atom stereocenters. The van der Waals surface area contributed by atoms with Gasteiger partial charge in [0.1, 0.15) is 5.75 Å². The standard InChI is InChI=1S/C17H21NO/c1-12(11-13-5-2-6-13)18-16-9-3-8-15-14(16)7-4-10-17(15)19/h3-4,7-10,12-13,18-19H,2,5-6,11H2,1H3. The molecule has 2 N–H and O–H groups in total. The topological polar surface area (TPSA) is 32.3 Å². The van der Waals surface area contributed by atoms with Gasteiger partial charge in [0.15, 0.2) is 0 Å². The monoisotopic (exact) mass is 255 g/mol. The van der Waals surface area contributed by atoms with Crippen LogP contribution in [0.5, 0.6) is 5.75 Å². The molecule has 0 heterocycles. The summed E-state index contributed by atoms with van der Waals surface area (Å²) in [6, 6.07) is 12.3. The molecule has 2 aromatic carbocycles. The molecule has 19 heavy (non-hydrogen) atoms. The van der Waals surface area contributed by atoms with Gasteiger partial charge in [-0.15, -0.1) is 0 Å². The normalized spacial score (nSPS) is 17.1. The number of hydrogen-bond acceptors (Lipinski definition) is 2. The third-order valence-corrected chi connectivity index (χ3v) is 4.21. The van der Waals surface area contributed by atoms with E-state index in [9.17, 15) is 5.11 Å². The van der Waals surface area contributed by atoms with Crippen LogP contribution in [0.1, 0.15) is 32.6 Å². The second kappa shape index (κ2) is 5.12. The van der Waals surface area contributed by atoms with Crippen LogP contribution in [-0.4, -0.2) is 11.1 Å². The number of anilines is 1. The van der Waals surface area contributed by atoms with Gasteiger partial charge in [0.25, 0.3) is 0 Å². The maximum Gasteiger partial charge on any atom is 0.123 e. The van der Waals surface area contributed by atoms with Crippen molar-refractivity contribution in [2.75, 3.05) is 5.32 Å². The smallest absolute Gasteiger partial charge is 0.123 e. The first kappa shape index (κ1) is 12.3. The zero-order chi connectivity index (χ0) is 13.2. The Labute approximate surface area is 114 Å². The highest BCUT2D eigenvalue weighted by Crippen LogP contribution is 2.33. The van der Waals surface area contributed by atoms with Crippen molar-refractivity contribution in [2.24, 2.45) is 5.92 Å². The minimum atomic E-state index is 0.354. The van der Waals surface area contributed by atoms with Gasteiger partial charge in [-0.25, -0.2) is 0 Å². The maximum absolute atomic E-state index is 9.89. The molecule has 100 valence electrons. The number of fused-ring (bicyclic) bond motifs is 1. The average molecular weight is 255 g/mol. The Morgan fingerprint density at radius 3 is 2.63 bits per heavy atom. The summed E-state index contributed by atoms with van der Waals surface area (Å²) in [5.41, 5.74) is 1.13. The lowest BCUT2D eigenvalue weighted by molar-refractivity contribution is 0.286. The summed E-state index contributed by atoms with van der Waals surface area (Å²) in [6.07, 6.45) is 5.43. The van der Waals surface area contributed by atoms with Gasteiger partial charge in [-0.2, -0.15) is 0 Å².